The molecule has 0 amide bonds. The first-order chi connectivity index (χ1) is 7.68. The Morgan fingerprint density at radius 3 is 2.88 bits per heavy atom. The molecule has 2 heterocycles. The fraction of sp³-hybridized carbons (Fsp3) is 0.636. The average Bonchev–Trinajstić information content (AvgIpc) is 2.78. The second kappa shape index (κ2) is 4.65. The van der Waals surface area contributed by atoms with E-state index in [9.17, 15) is 4.79 Å². The summed E-state index contributed by atoms with van der Waals surface area (Å²) in [5.74, 6) is -0.428. The summed E-state index contributed by atoms with van der Waals surface area (Å²) in [6, 6.07) is 0.282. The van der Waals surface area contributed by atoms with Crippen LogP contribution >= 0.6 is 0 Å². The summed E-state index contributed by atoms with van der Waals surface area (Å²) in [5, 5.41) is 8.79. The van der Waals surface area contributed by atoms with Crippen molar-refractivity contribution in [2.45, 2.75) is 25.8 Å². The van der Waals surface area contributed by atoms with E-state index in [0.29, 0.717) is 5.92 Å². The zero-order valence-corrected chi connectivity index (χ0v) is 9.30. The van der Waals surface area contributed by atoms with Gasteiger partial charge in [0.05, 0.1) is 6.33 Å². The van der Waals surface area contributed by atoms with E-state index in [0.717, 1.165) is 26.1 Å². The molecule has 16 heavy (non-hydrogen) atoms. The highest BCUT2D eigenvalue weighted by Gasteiger charge is 2.22. The van der Waals surface area contributed by atoms with Crippen LogP contribution in [0.2, 0.25) is 0 Å². The molecule has 2 rings (SSSR count). The van der Waals surface area contributed by atoms with Gasteiger partial charge in [0.25, 0.3) is 0 Å². The van der Waals surface area contributed by atoms with Crippen molar-refractivity contribution in [1.82, 2.24) is 9.55 Å². The molecule has 0 bridgehead atoms. The van der Waals surface area contributed by atoms with E-state index < -0.39 is 5.97 Å². The molecule has 1 aromatic heterocycles. The second-order valence-corrected chi connectivity index (χ2v) is 4.20. The maximum Gasteiger partial charge on any atom is 0.356 e. The van der Waals surface area contributed by atoms with Gasteiger partial charge < -0.3 is 14.4 Å². The minimum atomic E-state index is -0.974. The molecular weight excluding hydrogens is 208 g/mol. The number of carbonyl (C=O) groups is 1. The van der Waals surface area contributed by atoms with Crippen molar-refractivity contribution in [3.63, 3.8) is 0 Å². The molecule has 5 nitrogen and oxygen atoms in total. The van der Waals surface area contributed by atoms with E-state index in [1.807, 2.05) is 4.57 Å². The summed E-state index contributed by atoms with van der Waals surface area (Å²) in [6.45, 7) is 3.70. The van der Waals surface area contributed by atoms with Gasteiger partial charge in [-0.3, -0.25) is 0 Å². The molecule has 88 valence electrons. The third-order valence-electron chi connectivity index (χ3n) is 3.24. The van der Waals surface area contributed by atoms with Crippen molar-refractivity contribution in [2.24, 2.45) is 5.92 Å². The quantitative estimate of drug-likeness (QED) is 0.846. The van der Waals surface area contributed by atoms with Crippen LogP contribution in [-0.4, -0.2) is 33.8 Å². The van der Waals surface area contributed by atoms with E-state index in [2.05, 4.69) is 11.9 Å². The third kappa shape index (κ3) is 2.24. The average molecular weight is 224 g/mol. The number of hydrogen-bond donors (Lipinski definition) is 1. The molecule has 1 aliphatic heterocycles. The number of ether oxygens (including phenoxy) is 1. The Morgan fingerprint density at radius 1 is 1.62 bits per heavy atom. The predicted octanol–water partition coefficient (Wildman–Crippen LogP) is 1.57. The van der Waals surface area contributed by atoms with Crippen LogP contribution in [0, 0.1) is 5.92 Å². The summed E-state index contributed by atoms with van der Waals surface area (Å²) >= 11 is 0. The van der Waals surface area contributed by atoms with Gasteiger partial charge in [0.15, 0.2) is 5.69 Å². The zero-order valence-electron chi connectivity index (χ0n) is 9.30. The van der Waals surface area contributed by atoms with Gasteiger partial charge in [0.1, 0.15) is 0 Å². The summed E-state index contributed by atoms with van der Waals surface area (Å²) in [6.07, 6.45) is 5.26. The van der Waals surface area contributed by atoms with E-state index in [1.165, 1.54) is 0 Å². The SMILES string of the molecule is CC(C1CCOCC1)n1cnc(C(=O)O)c1. The van der Waals surface area contributed by atoms with Crippen molar-refractivity contribution in [3.8, 4) is 0 Å². The van der Waals surface area contributed by atoms with Crippen LogP contribution in [-0.2, 0) is 4.74 Å². The Balaban J connectivity index is 2.07. The Morgan fingerprint density at radius 2 is 2.31 bits per heavy atom. The lowest BCUT2D eigenvalue weighted by atomic mass is 9.93. The highest BCUT2D eigenvalue weighted by molar-refractivity contribution is 5.84. The van der Waals surface area contributed by atoms with Crippen LogP contribution in [0.4, 0.5) is 0 Å². The molecule has 0 aromatic carbocycles. The maximum absolute atomic E-state index is 10.7. The Kier molecular flexibility index (Phi) is 3.24. The van der Waals surface area contributed by atoms with E-state index >= 15 is 0 Å². The Bertz CT molecular complexity index is 369. The van der Waals surface area contributed by atoms with Crippen molar-refractivity contribution in [2.75, 3.05) is 13.2 Å². The third-order valence-corrected chi connectivity index (χ3v) is 3.24. The van der Waals surface area contributed by atoms with Crippen LogP contribution in [0.15, 0.2) is 12.5 Å². The van der Waals surface area contributed by atoms with Gasteiger partial charge in [-0.05, 0) is 25.7 Å². The predicted molar refractivity (Wildman–Crippen MR) is 57.4 cm³/mol. The number of carboxylic acid groups (broad SMARTS) is 1. The fourth-order valence-corrected chi connectivity index (χ4v) is 2.11. The van der Waals surface area contributed by atoms with Crippen molar-refractivity contribution in [3.05, 3.63) is 18.2 Å². The van der Waals surface area contributed by atoms with Crippen molar-refractivity contribution in [1.29, 1.82) is 0 Å². The van der Waals surface area contributed by atoms with Crippen molar-refractivity contribution < 1.29 is 14.6 Å². The summed E-state index contributed by atoms with van der Waals surface area (Å²) in [4.78, 5) is 14.6. The largest absolute Gasteiger partial charge is 0.476 e. The molecule has 0 radical (unpaired) electrons. The Labute approximate surface area is 94.1 Å². The summed E-state index contributed by atoms with van der Waals surface area (Å²) in [5.41, 5.74) is 0.110. The number of rotatable bonds is 3. The first-order valence-corrected chi connectivity index (χ1v) is 5.53. The van der Waals surface area contributed by atoms with Gasteiger partial charge in [-0.2, -0.15) is 0 Å². The van der Waals surface area contributed by atoms with Gasteiger partial charge in [-0.25, -0.2) is 9.78 Å². The molecule has 0 aliphatic carbocycles. The number of hydrogen-bond acceptors (Lipinski definition) is 3. The van der Waals surface area contributed by atoms with Crippen molar-refractivity contribution >= 4 is 5.97 Å². The van der Waals surface area contributed by atoms with Gasteiger partial charge in [-0.15, -0.1) is 0 Å². The van der Waals surface area contributed by atoms with E-state index in [1.54, 1.807) is 12.5 Å². The van der Waals surface area contributed by atoms with Gasteiger partial charge in [0.2, 0.25) is 0 Å². The van der Waals surface area contributed by atoms with Gasteiger partial charge in [0, 0.05) is 25.5 Å². The van der Waals surface area contributed by atoms with E-state index in [4.69, 9.17) is 9.84 Å². The number of imidazole rings is 1. The monoisotopic (exact) mass is 224 g/mol. The molecule has 0 spiro atoms. The Hall–Kier alpha value is -1.36. The molecule has 1 N–H and O–H groups in total. The van der Waals surface area contributed by atoms with Gasteiger partial charge in [-0.1, -0.05) is 0 Å². The normalized spacial score (nSPS) is 19.6. The fourth-order valence-electron chi connectivity index (χ4n) is 2.11. The summed E-state index contributed by atoms with van der Waals surface area (Å²) in [7, 11) is 0. The lowest BCUT2D eigenvalue weighted by Gasteiger charge is -2.28. The minimum Gasteiger partial charge on any atom is -0.476 e. The van der Waals surface area contributed by atoms with Crippen LogP contribution < -0.4 is 0 Å². The lowest BCUT2D eigenvalue weighted by molar-refractivity contribution is 0.0512. The molecule has 0 saturated carbocycles. The number of aromatic nitrogens is 2. The highest BCUT2D eigenvalue weighted by Crippen LogP contribution is 2.27. The van der Waals surface area contributed by atoms with Crippen LogP contribution in [0.5, 0.6) is 0 Å². The molecule has 1 aromatic rings. The number of nitrogens with zero attached hydrogens (tertiary/aromatic N) is 2. The lowest BCUT2D eigenvalue weighted by Crippen LogP contribution is -2.23. The molecule has 1 saturated heterocycles. The molecule has 1 aliphatic rings. The van der Waals surface area contributed by atoms with Crippen LogP contribution in [0.3, 0.4) is 0 Å². The highest BCUT2D eigenvalue weighted by atomic mass is 16.5. The first kappa shape index (κ1) is 11.1. The second-order valence-electron chi connectivity index (χ2n) is 4.20. The van der Waals surface area contributed by atoms with Crippen LogP contribution in [0.1, 0.15) is 36.3 Å². The molecule has 1 unspecified atom stereocenters. The summed E-state index contributed by atoms with van der Waals surface area (Å²) < 4.78 is 7.20. The number of carboxylic acids is 1. The van der Waals surface area contributed by atoms with E-state index in [-0.39, 0.29) is 11.7 Å². The molecular formula is C11H16N2O3. The maximum atomic E-state index is 10.7. The zero-order chi connectivity index (χ0) is 11.5. The standard InChI is InChI=1S/C11H16N2O3/c1-8(9-2-4-16-5-3-9)13-6-10(11(14)15)12-7-13/h6-9H,2-5H2,1H3,(H,14,15). The molecule has 5 heteroatoms. The number of aromatic carboxylic acids is 1. The van der Waals surface area contributed by atoms with Gasteiger partial charge >= 0.3 is 5.97 Å². The topological polar surface area (TPSA) is 64.4 Å². The molecule has 1 atom stereocenters. The molecule has 1 fully saturated rings. The first-order valence-electron chi connectivity index (χ1n) is 5.53. The smallest absolute Gasteiger partial charge is 0.356 e. The van der Waals surface area contributed by atoms with Crippen LogP contribution in [0.25, 0.3) is 0 Å². The minimum absolute atomic E-state index is 0.110.